The summed E-state index contributed by atoms with van der Waals surface area (Å²) in [6.07, 6.45) is 9.72. The molecule has 0 aromatic heterocycles. The minimum atomic E-state index is -2.19. The van der Waals surface area contributed by atoms with E-state index < -0.39 is 5.76 Å². The van der Waals surface area contributed by atoms with E-state index in [9.17, 15) is 8.78 Å². The van der Waals surface area contributed by atoms with Gasteiger partial charge in [0.1, 0.15) is 0 Å². The summed E-state index contributed by atoms with van der Waals surface area (Å²) in [4.78, 5) is 0. The predicted octanol–water partition coefficient (Wildman–Crippen LogP) is 5.46. The second-order valence-electron chi connectivity index (χ2n) is 3.65. The first-order valence-corrected chi connectivity index (χ1v) is 7.90. The summed E-state index contributed by atoms with van der Waals surface area (Å²) in [5, 5.41) is 1.11. The molecular weight excluding hydrogens is 282 g/mol. The molecule has 0 bridgehead atoms. The fourth-order valence-electron chi connectivity index (χ4n) is 1.43. The zero-order chi connectivity index (χ0) is 11.4. The molecule has 0 spiro atoms. The Bertz CT molecular complexity index is 123. The van der Waals surface area contributed by atoms with Crippen molar-refractivity contribution in [3.8, 4) is 0 Å². The molecule has 0 saturated carbocycles. The lowest BCUT2D eigenvalue weighted by molar-refractivity contribution is 0.252. The van der Waals surface area contributed by atoms with Crippen LogP contribution in [0.5, 0.6) is 0 Å². The number of hydrogen-bond donors (Lipinski definition) is 0. The van der Waals surface area contributed by atoms with Gasteiger partial charge in [-0.15, -0.1) is 0 Å². The summed E-state index contributed by atoms with van der Waals surface area (Å²) in [5.41, 5.74) is 0. The van der Waals surface area contributed by atoms with Crippen LogP contribution in [-0.2, 0) is 0 Å². The zero-order valence-corrected chi connectivity index (χ0v) is 11.6. The lowest BCUT2D eigenvalue weighted by atomic mass is 10.1. The average molecular weight is 303 g/mol. The summed E-state index contributed by atoms with van der Waals surface area (Å²) >= 11 is 4.18. The normalized spacial score (nSPS) is 11.2. The van der Waals surface area contributed by atoms with E-state index in [0.29, 0.717) is 5.75 Å². The van der Waals surface area contributed by atoms with Crippen molar-refractivity contribution in [2.45, 2.75) is 57.1 Å². The molecule has 92 valence electrons. The third-order valence-corrected chi connectivity index (χ3v) is 3.61. The minimum absolute atomic E-state index is 0.612. The fraction of sp³-hybridized carbons (Fsp3) is 1.00. The lowest BCUT2D eigenvalue weighted by Crippen LogP contribution is -1.87. The zero-order valence-electron chi connectivity index (χ0n) is 9.19. The van der Waals surface area contributed by atoms with Crippen LogP contribution in [0.3, 0.4) is 0 Å². The Kier molecular flexibility index (Phi) is 13.3. The Labute approximate surface area is 105 Å². The van der Waals surface area contributed by atoms with E-state index in [1.165, 1.54) is 38.5 Å². The van der Waals surface area contributed by atoms with Gasteiger partial charge in [0.05, 0.1) is 0 Å². The summed E-state index contributed by atoms with van der Waals surface area (Å²) < 4.78 is 23.5. The summed E-state index contributed by atoms with van der Waals surface area (Å²) in [6.45, 7) is 0. The molecule has 15 heavy (non-hydrogen) atoms. The SMILES string of the molecule is FC(F)SCCCCCCCCCCBr. The number of halogens is 3. The molecule has 0 aliphatic heterocycles. The molecule has 0 heterocycles. The predicted molar refractivity (Wildman–Crippen MR) is 69.2 cm³/mol. The quantitative estimate of drug-likeness (QED) is 0.361. The fourth-order valence-corrected chi connectivity index (χ4v) is 2.38. The highest BCUT2D eigenvalue weighted by atomic mass is 79.9. The molecule has 0 N–H and O–H groups in total. The van der Waals surface area contributed by atoms with Crippen LogP contribution in [0.2, 0.25) is 0 Å². The highest BCUT2D eigenvalue weighted by molar-refractivity contribution is 9.09. The van der Waals surface area contributed by atoms with E-state index >= 15 is 0 Å². The van der Waals surface area contributed by atoms with Gasteiger partial charge in [0.25, 0.3) is 5.76 Å². The first kappa shape index (κ1) is 15.7. The standard InChI is InChI=1S/C11H21BrF2S/c12-9-7-5-3-1-2-4-6-8-10-15-11(13)14/h11H,1-10H2. The van der Waals surface area contributed by atoms with Crippen molar-refractivity contribution in [2.75, 3.05) is 11.1 Å². The maximum Gasteiger partial charge on any atom is 0.284 e. The molecule has 0 unspecified atom stereocenters. The van der Waals surface area contributed by atoms with Crippen LogP contribution in [0.4, 0.5) is 8.78 Å². The summed E-state index contributed by atoms with van der Waals surface area (Å²) in [6, 6.07) is 0. The molecule has 0 saturated heterocycles. The van der Waals surface area contributed by atoms with Crippen molar-refractivity contribution in [3.63, 3.8) is 0 Å². The van der Waals surface area contributed by atoms with Crippen LogP contribution in [0, 0.1) is 0 Å². The van der Waals surface area contributed by atoms with E-state index in [4.69, 9.17) is 0 Å². The Balaban J connectivity index is 2.87. The number of unbranched alkanes of at least 4 members (excludes halogenated alkanes) is 7. The molecule has 4 heteroatoms. The third-order valence-electron chi connectivity index (χ3n) is 2.27. The summed E-state index contributed by atoms with van der Waals surface area (Å²) in [7, 11) is 0. The van der Waals surface area contributed by atoms with E-state index in [1.54, 1.807) is 0 Å². The van der Waals surface area contributed by atoms with Crippen LogP contribution < -0.4 is 0 Å². The highest BCUT2D eigenvalue weighted by Crippen LogP contribution is 2.16. The van der Waals surface area contributed by atoms with Crippen LogP contribution in [0.1, 0.15) is 51.4 Å². The Morgan fingerprint density at radius 3 is 1.73 bits per heavy atom. The first-order valence-electron chi connectivity index (χ1n) is 5.73. The van der Waals surface area contributed by atoms with Gasteiger partial charge in [-0.1, -0.05) is 66.2 Å². The maximum absolute atomic E-state index is 11.7. The van der Waals surface area contributed by atoms with Crippen molar-refractivity contribution < 1.29 is 8.78 Å². The van der Waals surface area contributed by atoms with Gasteiger partial charge in [-0.3, -0.25) is 0 Å². The minimum Gasteiger partial charge on any atom is -0.198 e. The monoisotopic (exact) mass is 302 g/mol. The molecule has 0 aliphatic rings. The van der Waals surface area contributed by atoms with E-state index in [-0.39, 0.29) is 0 Å². The second-order valence-corrected chi connectivity index (χ2v) is 5.54. The molecule has 0 atom stereocenters. The smallest absolute Gasteiger partial charge is 0.198 e. The van der Waals surface area contributed by atoms with Gasteiger partial charge in [0.2, 0.25) is 0 Å². The van der Waals surface area contributed by atoms with Gasteiger partial charge < -0.3 is 0 Å². The number of alkyl halides is 3. The van der Waals surface area contributed by atoms with E-state index in [1.807, 2.05) is 0 Å². The van der Waals surface area contributed by atoms with Crippen LogP contribution >= 0.6 is 27.7 Å². The Morgan fingerprint density at radius 2 is 1.27 bits per heavy atom. The van der Waals surface area contributed by atoms with Crippen LogP contribution in [0.15, 0.2) is 0 Å². The second kappa shape index (κ2) is 12.8. The topological polar surface area (TPSA) is 0 Å². The molecule has 0 aliphatic carbocycles. The van der Waals surface area contributed by atoms with Crippen molar-refractivity contribution in [3.05, 3.63) is 0 Å². The van der Waals surface area contributed by atoms with Gasteiger partial charge in [0, 0.05) is 5.33 Å². The van der Waals surface area contributed by atoms with Gasteiger partial charge in [-0.05, 0) is 18.6 Å². The Morgan fingerprint density at radius 1 is 0.800 bits per heavy atom. The first-order chi connectivity index (χ1) is 7.27. The van der Waals surface area contributed by atoms with Gasteiger partial charge >= 0.3 is 0 Å². The van der Waals surface area contributed by atoms with Crippen LogP contribution in [-0.4, -0.2) is 16.8 Å². The highest BCUT2D eigenvalue weighted by Gasteiger charge is 2.00. The number of thioether (sulfide) groups is 1. The van der Waals surface area contributed by atoms with Crippen molar-refractivity contribution in [1.29, 1.82) is 0 Å². The number of rotatable bonds is 11. The summed E-state index contributed by atoms with van der Waals surface area (Å²) in [5.74, 6) is -1.57. The van der Waals surface area contributed by atoms with E-state index in [2.05, 4.69) is 15.9 Å². The molecule has 0 radical (unpaired) electrons. The molecule has 0 rings (SSSR count). The van der Waals surface area contributed by atoms with Crippen LogP contribution in [0.25, 0.3) is 0 Å². The molecule has 0 aromatic rings. The van der Waals surface area contributed by atoms with Gasteiger partial charge in [-0.2, -0.15) is 8.78 Å². The maximum atomic E-state index is 11.7. The molecule has 0 amide bonds. The van der Waals surface area contributed by atoms with Gasteiger partial charge in [0.15, 0.2) is 0 Å². The largest absolute Gasteiger partial charge is 0.284 e. The molecule has 0 fully saturated rings. The third kappa shape index (κ3) is 14.7. The Hall–Kier alpha value is 0.690. The van der Waals surface area contributed by atoms with E-state index in [0.717, 1.165) is 29.9 Å². The molecule has 0 nitrogen and oxygen atoms in total. The lowest BCUT2D eigenvalue weighted by Gasteiger charge is -2.01. The number of hydrogen-bond acceptors (Lipinski definition) is 1. The molecule has 0 aromatic carbocycles. The van der Waals surface area contributed by atoms with Crippen molar-refractivity contribution in [1.82, 2.24) is 0 Å². The van der Waals surface area contributed by atoms with Gasteiger partial charge in [-0.25, -0.2) is 0 Å². The molecular formula is C11H21BrF2S. The van der Waals surface area contributed by atoms with Crippen molar-refractivity contribution in [2.24, 2.45) is 0 Å². The average Bonchev–Trinajstić information content (AvgIpc) is 2.20. The van der Waals surface area contributed by atoms with Crippen molar-refractivity contribution >= 4 is 27.7 Å².